The zero-order valence-electron chi connectivity index (χ0n) is 10.9. The van der Waals surface area contributed by atoms with Crippen LogP contribution in [0.3, 0.4) is 0 Å². The van der Waals surface area contributed by atoms with E-state index >= 15 is 0 Å². The maximum atomic E-state index is 2.35. The van der Waals surface area contributed by atoms with Crippen LogP contribution in [0, 0.1) is 6.92 Å². The molecule has 0 N–H and O–H groups in total. The zero-order valence-corrected chi connectivity index (χ0v) is 10.9. The fourth-order valence-corrected chi connectivity index (χ4v) is 1.88. The predicted molar refractivity (Wildman–Crippen MR) is 73.5 cm³/mol. The molecule has 0 unspecified atom stereocenters. The van der Waals surface area contributed by atoms with Gasteiger partial charge in [0, 0.05) is 0 Å². The lowest BCUT2D eigenvalue weighted by Crippen LogP contribution is -1.91. The lowest BCUT2D eigenvalue weighted by molar-refractivity contribution is 1.02. The normalized spacial score (nSPS) is 14.5. The standard InChI is InChI=1S/C14H16.C2H6/c1-11-7-9-13(10-8-11)14-6-4-3-5-12(14)2;1-2/h5-10H,3-4H2,1-2H3;1-2H3. The van der Waals surface area contributed by atoms with Gasteiger partial charge in [-0.05, 0) is 43.4 Å². The molecule has 0 saturated carbocycles. The van der Waals surface area contributed by atoms with Gasteiger partial charge in [0.2, 0.25) is 0 Å². The Bertz CT molecular complexity index is 377. The second kappa shape index (κ2) is 6.32. The van der Waals surface area contributed by atoms with Crippen LogP contribution in [0.1, 0.15) is 44.7 Å². The quantitative estimate of drug-likeness (QED) is 0.607. The van der Waals surface area contributed by atoms with Crippen molar-refractivity contribution in [3.05, 3.63) is 53.1 Å². The molecule has 1 aromatic rings. The van der Waals surface area contributed by atoms with Crippen LogP contribution in [0.15, 0.2) is 42.0 Å². The molecule has 86 valence electrons. The fraction of sp³-hybridized carbons (Fsp3) is 0.375. The summed E-state index contributed by atoms with van der Waals surface area (Å²) in [6, 6.07) is 8.78. The molecule has 1 aliphatic carbocycles. The lowest BCUT2D eigenvalue weighted by Gasteiger charge is -2.13. The Morgan fingerprint density at radius 3 is 1.94 bits per heavy atom. The first-order valence-electron chi connectivity index (χ1n) is 6.22. The van der Waals surface area contributed by atoms with Gasteiger partial charge < -0.3 is 0 Å². The van der Waals surface area contributed by atoms with Crippen molar-refractivity contribution in [1.82, 2.24) is 0 Å². The minimum absolute atomic E-state index is 1.18. The number of allylic oxidation sites excluding steroid dienone is 4. The summed E-state index contributed by atoms with van der Waals surface area (Å²) in [5.74, 6) is 0. The smallest absolute Gasteiger partial charge is 0.0185 e. The molecule has 0 aromatic heterocycles. The molecule has 0 aliphatic heterocycles. The highest BCUT2D eigenvalue weighted by molar-refractivity contribution is 5.79. The summed E-state index contributed by atoms with van der Waals surface area (Å²) in [4.78, 5) is 0. The van der Waals surface area contributed by atoms with Gasteiger partial charge in [0.05, 0.1) is 0 Å². The molecular weight excluding hydrogens is 192 g/mol. The third-order valence-electron chi connectivity index (χ3n) is 2.75. The molecule has 0 saturated heterocycles. The first-order chi connectivity index (χ1) is 7.77. The molecule has 1 aliphatic rings. The maximum absolute atomic E-state index is 2.35. The summed E-state index contributed by atoms with van der Waals surface area (Å²) in [5.41, 5.74) is 5.51. The Morgan fingerprint density at radius 2 is 1.38 bits per heavy atom. The minimum Gasteiger partial charge on any atom is -0.0807 e. The molecule has 0 spiro atoms. The van der Waals surface area contributed by atoms with E-state index in [4.69, 9.17) is 0 Å². The van der Waals surface area contributed by atoms with E-state index in [0.29, 0.717) is 0 Å². The number of benzene rings is 1. The number of hydrogen-bond acceptors (Lipinski definition) is 0. The van der Waals surface area contributed by atoms with Gasteiger partial charge in [0.15, 0.2) is 0 Å². The first-order valence-corrected chi connectivity index (χ1v) is 6.22. The summed E-state index contributed by atoms with van der Waals surface area (Å²) in [6.07, 6.45) is 7.05. The van der Waals surface area contributed by atoms with E-state index < -0.39 is 0 Å². The fourth-order valence-electron chi connectivity index (χ4n) is 1.88. The average molecular weight is 214 g/mol. The van der Waals surface area contributed by atoms with Gasteiger partial charge in [-0.2, -0.15) is 0 Å². The third-order valence-corrected chi connectivity index (χ3v) is 2.75. The van der Waals surface area contributed by atoms with Crippen LogP contribution in [0.25, 0.3) is 5.57 Å². The van der Waals surface area contributed by atoms with Crippen LogP contribution in [0.2, 0.25) is 0 Å². The van der Waals surface area contributed by atoms with E-state index in [2.05, 4.69) is 50.3 Å². The monoisotopic (exact) mass is 214 g/mol. The van der Waals surface area contributed by atoms with Gasteiger partial charge in [0.1, 0.15) is 0 Å². The van der Waals surface area contributed by atoms with Gasteiger partial charge in [-0.1, -0.05) is 55.8 Å². The van der Waals surface area contributed by atoms with Gasteiger partial charge in [-0.3, -0.25) is 0 Å². The van der Waals surface area contributed by atoms with Crippen molar-refractivity contribution in [2.24, 2.45) is 0 Å². The van der Waals surface area contributed by atoms with E-state index in [0.717, 1.165) is 0 Å². The third kappa shape index (κ3) is 3.10. The van der Waals surface area contributed by atoms with Crippen LogP contribution < -0.4 is 0 Å². The number of hydrogen-bond donors (Lipinski definition) is 0. The molecule has 0 heterocycles. The van der Waals surface area contributed by atoms with Crippen LogP contribution >= 0.6 is 0 Å². The topological polar surface area (TPSA) is 0 Å². The highest BCUT2D eigenvalue weighted by atomic mass is 14.1. The molecule has 2 rings (SSSR count). The minimum atomic E-state index is 1.18. The van der Waals surface area contributed by atoms with Crippen LogP contribution in [0.4, 0.5) is 0 Å². The first kappa shape index (κ1) is 12.8. The summed E-state index contributed by atoms with van der Waals surface area (Å²) in [7, 11) is 0. The summed E-state index contributed by atoms with van der Waals surface area (Å²) in [6.45, 7) is 8.33. The molecule has 1 aromatic carbocycles. The second-order valence-electron chi connectivity index (χ2n) is 3.95. The van der Waals surface area contributed by atoms with E-state index in [9.17, 15) is 0 Å². The van der Waals surface area contributed by atoms with Crippen LogP contribution in [-0.2, 0) is 0 Å². The summed E-state index contributed by atoms with van der Waals surface area (Å²) < 4.78 is 0. The van der Waals surface area contributed by atoms with Crippen molar-refractivity contribution in [2.75, 3.05) is 0 Å². The van der Waals surface area contributed by atoms with Crippen molar-refractivity contribution in [3.63, 3.8) is 0 Å². The SMILES string of the molecule is CC.CC1=CCCC=C1c1ccc(C)cc1. The van der Waals surface area contributed by atoms with Gasteiger partial charge in [0.25, 0.3) is 0 Å². The number of rotatable bonds is 1. The molecule has 0 nitrogen and oxygen atoms in total. The molecular formula is C16H22. The molecule has 0 fully saturated rings. The van der Waals surface area contributed by atoms with E-state index in [1.807, 2.05) is 13.8 Å². The molecule has 0 amide bonds. The van der Waals surface area contributed by atoms with E-state index in [1.165, 1.54) is 35.1 Å². The molecule has 0 atom stereocenters. The molecule has 0 heteroatoms. The van der Waals surface area contributed by atoms with Crippen LogP contribution in [0.5, 0.6) is 0 Å². The lowest BCUT2D eigenvalue weighted by atomic mass is 9.93. The Kier molecular flexibility index (Phi) is 5.04. The van der Waals surface area contributed by atoms with Gasteiger partial charge >= 0.3 is 0 Å². The number of aryl methyl sites for hydroxylation is 1. The molecule has 0 bridgehead atoms. The highest BCUT2D eigenvalue weighted by Gasteiger charge is 2.06. The van der Waals surface area contributed by atoms with E-state index in [1.54, 1.807) is 0 Å². The Labute approximate surface area is 99.7 Å². The van der Waals surface area contributed by atoms with Crippen LogP contribution in [-0.4, -0.2) is 0 Å². The van der Waals surface area contributed by atoms with Crippen molar-refractivity contribution in [2.45, 2.75) is 40.5 Å². The van der Waals surface area contributed by atoms with Crippen molar-refractivity contribution >= 4 is 5.57 Å². The largest absolute Gasteiger partial charge is 0.0807 e. The average Bonchev–Trinajstić information content (AvgIpc) is 2.34. The summed E-state index contributed by atoms with van der Waals surface area (Å²) >= 11 is 0. The summed E-state index contributed by atoms with van der Waals surface area (Å²) in [5, 5.41) is 0. The van der Waals surface area contributed by atoms with E-state index in [-0.39, 0.29) is 0 Å². The molecule has 16 heavy (non-hydrogen) atoms. The Morgan fingerprint density at radius 1 is 0.812 bits per heavy atom. The zero-order chi connectivity index (χ0) is 12.0. The Balaban J connectivity index is 0.000000606. The van der Waals surface area contributed by atoms with Gasteiger partial charge in [-0.15, -0.1) is 0 Å². The molecule has 0 radical (unpaired) electrons. The highest BCUT2D eigenvalue weighted by Crippen LogP contribution is 2.27. The Hall–Kier alpha value is -1.30. The van der Waals surface area contributed by atoms with Gasteiger partial charge in [-0.25, -0.2) is 0 Å². The second-order valence-corrected chi connectivity index (χ2v) is 3.95. The maximum Gasteiger partial charge on any atom is -0.0185 e. The predicted octanol–water partition coefficient (Wildman–Crippen LogP) is 5.14. The van der Waals surface area contributed by atoms with Crippen molar-refractivity contribution in [1.29, 1.82) is 0 Å². The van der Waals surface area contributed by atoms with Crippen molar-refractivity contribution < 1.29 is 0 Å². The van der Waals surface area contributed by atoms with Crippen molar-refractivity contribution in [3.8, 4) is 0 Å².